The van der Waals surface area contributed by atoms with Gasteiger partial charge < -0.3 is 14.6 Å². The SMILES string of the molecule is COc1cc2c(cc1CN1CCn3c(nnc3[C@@H]3CCCNC3)C1)CCC2. The lowest BCUT2D eigenvalue weighted by molar-refractivity contribution is 0.203. The molecule has 27 heavy (non-hydrogen) atoms. The lowest BCUT2D eigenvalue weighted by Gasteiger charge is -2.30. The molecule has 0 amide bonds. The summed E-state index contributed by atoms with van der Waals surface area (Å²) in [4.78, 5) is 2.48. The molecule has 3 heterocycles. The Hall–Kier alpha value is -1.92. The maximum Gasteiger partial charge on any atom is 0.147 e. The van der Waals surface area contributed by atoms with Crippen LogP contribution in [0.3, 0.4) is 0 Å². The van der Waals surface area contributed by atoms with Crippen LogP contribution in [0.5, 0.6) is 5.75 Å². The molecule has 1 saturated heterocycles. The van der Waals surface area contributed by atoms with Crippen molar-refractivity contribution in [3.8, 4) is 5.75 Å². The third kappa shape index (κ3) is 3.25. The first-order chi connectivity index (χ1) is 13.3. The standard InChI is InChI=1S/C21H29N5O/c1-27-19-11-16-5-2-4-15(16)10-18(19)13-25-8-9-26-20(14-25)23-24-21(26)17-6-3-7-22-12-17/h10-11,17,22H,2-9,12-14H2,1H3/t17-/m1/s1. The second-order valence-corrected chi connectivity index (χ2v) is 8.17. The second kappa shape index (κ2) is 7.24. The first-order valence-electron chi connectivity index (χ1n) is 10.4. The minimum atomic E-state index is 0.517. The average molecular weight is 367 g/mol. The average Bonchev–Trinajstić information content (AvgIpc) is 3.34. The van der Waals surface area contributed by atoms with Gasteiger partial charge in [0.05, 0.1) is 13.7 Å². The van der Waals surface area contributed by atoms with E-state index in [0.29, 0.717) is 5.92 Å². The van der Waals surface area contributed by atoms with Gasteiger partial charge in [-0.3, -0.25) is 4.90 Å². The van der Waals surface area contributed by atoms with E-state index in [1.807, 2.05) is 0 Å². The molecule has 0 radical (unpaired) electrons. The maximum absolute atomic E-state index is 5.70. The number of aromatic nitrogens is 3. The van der Waals surface area contributed by atoms with E-state index in [4.69, 9.17) is 4.74 Å². The number of hydrogen-bond donors (Lipinski definition) is 1. The fourth-order valence-electron chi connectivity index (χ4n) is 4.95. The predicted octanol–water partition coefficient (Wildman–Crippen LogP) is 2.26. The third-order valence-electron chi connectivity index (χ3n) is 6.41. The van der Waals surface area contributed by atoms with Crippen molar-refractivity contribution in [1.82, 2.24) is 25.0 Å². The van der Waals surface area contributed by atoms with E-state index in [1.165, 1.54) is 54.6 Å². The van der Waals surface area contributed by atoms with E-state index < -0.39 is 0 Å². The lowest BCUT2D eigenvalue weighted by Crippen LogP contribution is -2.36. The smallest absolute Gasteiger partial charge is 0.147 e. The van der Waals surface area contributed by atoms with Gasteiger partial charge in [0.15, 0.2) is 0 Å². The van der Waals surface area contributed by atoms with Crippen LogP contribution < -0.4 is 10.1 Å². The number of aryl methyl sites for hydroxylation is 2. The zero-order valence-electron chi connectivity index (χ0n) is 16.2. The van der Waals surface area contributed by atoms with Gasteiger partial charge >= 0.3 is 0 Å². The molecule has 1 fully saturated rings. The molecule has 0 bridgehead atoms. The van der Waals surface area contributed by atoms with Crippen LogP contribution in [0.2, 0.25) is 0 Å². The van der Waals surface area contributed by atoms with E-state index in [1.54, 1.807) is 7.11 Å². The van der Waals surface area contributed by atoms with Crippen LogP contribution in [-0.4, -0.2) is 46.4 Å². The number of methoxy groups -OCH3 is 1. The highest BCUT2D eigenvalue weighted by molar-refractivity contribution is 5.44. The monoisotopic (exact) mass is 367 g/mol. The Balaban J connectivity index is 1.33. The van der Waals surface area contributed by atoms with Crippen LogP contribution in [0.25, 0.3) is 0 Å². The molecule has 1 aromatic heterocycles. The summed E-state index contributed by atoms with van der Waals surface area (Å²) in [6, 6.07) is 4.64. The Morgan fingerprint density at radius 3 is 2.85 bits per heavy atom. The van der Waals surface area contributed by atoms with Crippen LogP contribution in [0.15, 0.2) is 12.1 Å². The summed E-state index contributed by atoms with van der Waals surface area (Å²) in [5.74, 6) is 3.86. The second-order valence-electron chi connectivity index (χ2n) is 8.17. The number of piperidine rings is 1. The van der Waals surface area contributed by atoms with Crippen molar-refractivity contribution >= 4 is 0 Å². The fourth-order valence-corrected chi connectivity index (χ4v) is 4.95. The predicted molar refractivity (Wildman–Crippen MR) is 104 cm³/mol. The zero-order chi connectivity index (χ0) is 18.2. The highest BCUT2D eigenvalue weighted by Crippen LogP contribution is 2.31. The van der Waals surface area contributed by atoms with Crippen molar-refractivity contribution < 1.29 is 4.74 Å². The van der Waals surface area contributed by atoms with Gasteiger partial charge in [0, 0.05) is 37.7 Å². The fraction of sp³-hybridized carbons (Fsp3) is 0.619. The van der Waals surface area contributed by atoms with E-state index in [0.717, 1.165) is 50.8 Å². The minimum Gasteiger partial charge on any atom is -0.496 e. The lowest BCUT2D eigenvalue weighted by atomic mass is 9.98. The molecule has 6 nitrogen and oxygen atoms in total. The minimum absolute atomic E-state index is 0.517. The summed E-state index contributed by atoms with van der Waals surface area (Å²) in [5, 5.41) is 12.6. The number of nitrogens with zero attached hydrogens (tertiary/aromatic N) is 4. The molecule has 5 rings (SSSR count). The Bertz CT molecular complexity index is 824. The number of rotatable bonds is 4. The number of ether oxygens (including phenoxy) is 1. The summed E-state index contributed by atoms with van der Waals surface area (Å²) < 4.78 is 8.07. The summed E-state index contributed by atoms with van der Waals surface area (Å²) in [7, 11) is 1.79. The molecule has 1 atom stereocenters. The van der Waals surface area contributed by atoms with Crippen LogP contribution in [-0.2, 0) is 32.5 Å². The summed E-state index contributed by atoms with van der Waals surface area (Å²) in [6.07, 6.45) is 6.13. The topological polar surface area (TPSA) is 55.2 Å². The van der Waals surface area contributed by atoms with Gasteiger partial charge in [0.2, 0.25) is 0 Å². The van der Waals surface area contributed by atoms with E-state index in [-0.39, 0.29) is 0 Å². The van der Waals surface area contributed by atoms with Crippen molar-refractivity contribution in [3.05, 3.63) is 40.5 Å². The number of benzene rings is 1. The summed E-state index contributed by atoms with van der Waals surface area (Å²) in [6.45, 7) is 5.99. The highest BCUT2D eigenvalue weighted by atomic mass is 16.5. The largest absolute Gasteiger partial charge is 0.496 e. The Kier molecular flexibility index (Phi) is 4.61. The molecule has 144 valence electrons. The van der Waals surface area contributed by atoms with Gasteiger partial charge in [-0.25, -0.2) is 0 Å². The van der Waals surface area contributed by atoms with Crippen molar-refractivity contribution in [2.45, 2.75) is 57.7 Å². The third-order valence-corrected chi connectivity index (χ3v) is 6.41. The van der Waals surface area contributed by atoms with Crippen molar-refractivity contribution in [1.29, 1.82) is 0 Å². The highest BCUT2D eigenvalue weighted by Gasteiger charge is 2.27. The molecule has 0 spiro atoms. The normalized spacial score (nSPS) is 22.5. The van der Waals surface area contributed by atoms with Crippen molar-refractivity contribution in [2.75, 3.05) is 26.7 Å². The Morgan fingerprint density at radius 1 is 1.15 bits per heavy atom. The number of nitrogens with one attached hydrogen (secondary N) is 1. The van der Waals surface area contributed by atoms with Crippen molar-refractivity contribution in [3.63, 3.8) is 0 Å². The van der Waals surface area contributed by atoms with E-state index >= 15 is 0 Å². The van der Waals surface area contributed by atoms with E-state index in [9.17, 15) is 0 Å². The van der Waals surface area contributed by atoms with Crippen LogP contribution >= 0.6 is 0 Å². The Morgan fingerprint density at radius 2 is 2.04 bits per heavy atom. The van der Waals surface area contributed by atoms with Crippen molar-refractivity contribution in [2.24, 2.45) is 0 Å². The molecule has 2 aliphatic heterocycles. The van der Waals surface area contributed by atoms with Crippen LogP contribution in [0.1, 0.15) is 53.5 Å². The molecule has 1 N–H and O–H groups in total. The van der Waals surface area contributed by atoms with Gasteiger partial charge in [-0.2, -0.15) is 0 Å². The molecule has 1 aromatic carbocycles. The number of hydrogen-bond acceptors (Lipinski definition) is 5. The zero-order valence-corrected chi connectivity index (χ0v) is 16.2. The molecule has 2 aromatic rings. The van der Waals surface area contributed by atoms with Gasteiger partial charge in [-0.15, -0.1) is 10.2 Å². The maximum atomic E-state index is 5.70. The summed E-state index contributed by atoms with van der Waals surface area (Å²) >= 11 is 0. The molecule has 0 unspecified atom stereocenters. The molecule has 0 saturated carbocycles. The molecular formula is C21H29N5O. The van der Waals surface area contributed by atoms with Gasteiger partial charge in [-0.05, 0) is 55.8 Å². The number of fused-ring (bicyclic) bond motifs is 2. The molecule has 1 aliphatic carbocycles. The Labute approximate surface area is 160 Å². The van der Waals surface area contributed by atoms with Crippen LogP contribution in [0.4, 0.5) is 0 Å². The first kappa shape index (κ1) is 17.2. The molecule has 6 heteroatoms. The molecule has 3 aliphatic rings. The summed E-state index contributed by atoms with van der Waals surface area (Å²) in [5.41, 5.74) is 4.29. The van der Waals surface area contributed by atoms with E-state index in [2.05, 4.69) is 37.1 Å². The van der Waals surface area contributed by atoms with Gasteiger partial charge in [0.1, 0.15) is 17.4 Å². The van der Waals surface area contributed by atoms with Crippen LogP contribution in [0, 0.1) is 0 Å². The first-order valence-corrected chi connectivity index (χ1v) is 10.4. The quantitative estimate of drug-likeness (QED) is 0.898. The van der Waals surface area contributed by atoms with Gasteiger partial charge in [-0.1, -0.05) is 6.07 Å². The molecular weight excluding hydrogens is 338 g/mol. The van der Waals surface area contributed by atoms with Gasteiger partial charge in [0.25, 0.3) is 0 Å².